The predicted molar refractivity (Wildman–Crippen MR) is 91.8 cm³/mol. The van der Waals surface area contributed by atoms with Gasteiger partial charge in [-0.3, -0.25) is 4.79 Å². The number of hydrogen-bond donors (Lipinski definition) is 2. The molecule has 2 rings (SSSR count). The van der Waals surface area contributed by atoms with Crippen molar-refractivity contribution in [2.75, 3.05) is 18.5 Å². The van der Waals surface area contributed by atoms with Gasteiger partial charge in [-0.1, -0.05) is 34.1 Å². The predicted octanol–water partition coefficient (Wildman–Crippen LogP) is 3.36. The van der Waals surface area contributed by atoms with Crippen LogP contribution in [-0.4, -0.2) is 24.2 Å². The number of para-hydroxylation sites is 1. The Hall–Kier alpha value is -2.05. The quantitative estimate of drug-likeness (QED) is 0.773. The van der Waals surface area contributed by atoms with Gasteiger partial charge in [0.2, 0.25) is 0 Å². The minimum Gasteiger partial charge on any atom is -0.490 e. The second-order valence-electron chi connectivity index (χ2n) is 4.68. The Labute approximate surface area is 143 Å². The minimum atomic E-state index is -0.263. The fraction of sp³-hybridized carbons (Fsp3) is 0.235. The highest BCUT2D eigenvalue weighted by molar-refractivity contribution is 9.10. The molecule has 0 radical (unpaired) electrons. The van der Waals surface area contributed by atoms with Crippen molar-refractivity contribution in [1.82, 2.24) is 0 Å². The number of carbonyl (C=O) groups excluding carboxylic acids is 1. The lowest BCUT2D eigenvalue weighted by molar-refractivity contribution is -0.118. The SMILES string of the molecule is CCOc1cc(CO)c(Br)cc1OCC(=O)Nc1ccccc1. The van der Waals surface area contributed by atoms with E-state index in [1.165, 1.54) is 0 Å². The Kier molecular flexibility index (Phi) is 6.43. The fourth-order valence-electron chi connectivity index (χ4n) is 1.94. The Morgan fingerprint density at radius 2 is 1.87 bits per heavy atom. The van der Waals surface area contributed by atoms with Gasteiger partial charge in [0, 0.05) is 10.2 Å². The lowest BCUT2D eigenvalue weighted by Crippen LogP contribution is -2.20. The molecule has 0 saturated carbocycles. The molecule has 1 amide bonds. The number of nitrogens with one attached hydrogen (secondary N) is 1. The van der Waals surface area contributed by atoms with Crippen molar-refractivity contribution in [3.05, 3.63) is 52.5 Å². The summed E-state index contributed by atoms with van der Waals surface area (Å²) in [4.78, 5) is 11.9. The van der Waals surface area contributed by atoms with Crippen LogP contribution >= 0.6 is 15.9 Å². The van der Waals surface area contributed by atoms with E-state index in [2.05, 4.69) is 21.2 Å². The van der Waals surface area contributed by atoms with Crippen LogP contribution in [0.1, 0.15) is 12.5 Å². The third-order valence-corrected chi connectivity index (χ3v) is 3.74. The molecule has 0 fully saturated rings. The van der Waals surface area contributed by atoms with Crippen LogP contribution in [0, 0.1) is 0 Å². The molecule has 2 aromatic rings. The van der Waals surface area contributed by atoms with Crippen LogP contribution in [0.25, 0.3) is 0 Å². The number of benzene rings is 2. The van der Waals surface area contributed by atoms with Crippen LogP contribution in [0.2, 0.25) is 0 Å². The van der Waals surface area contributed by atoms with Crippen molar-refractivity contribution >= 4 is 27.5 Å². The number of ether oxygens (including phenoxy) is 2. The summed E-state index contributed by atoms with van der Waals surface area (Å²) in [6.07, 6.45) is 0. The van der Waals surface area contributed by atoms with Gasteiger partial charge in [0.1, 0.15) is 0 Å². The van der Waals surface area contributed by atoms with Gasteiger partial charge in [0.25, 0.3) is 5.91 Å². The van der Waals surface area contributed by atoms with Gasteiger partial charge in [-0.05, 0) is 36.8 Å². The molecule has 0 unspecified atom stereocenters. The zero-order chi connectivity index (χ0) is 16.7. The molecule has 23 heavy (non-hydrogen) atoms. The van der Waals surface area contributed by atoms with Gasteiger partial charge in [-0.15, -0.1) is 0 Å². The molecule has 0 aromatic heterocycles. The van der Waals surface area contributed by atoms with Gasteiger partial charge >= 0.3 is 0 Å². The summed E-state index contributed by atoms with van der Waals surface area (Å²) in [7, 11) is 0. The standard InChI is InChI=1S/C17H18BrNO4/c1-2-22-15-8-12(10-20)14(18)9-16(15)23-11-17(21)19-13-6-4-3-5-7-13/h3-9,20H,2,10-11H2,1H3,(H,19,21). The summed E-state index contributed by atoms with van der Waals surface area (Å²) in [5.41, 5.74) is 1.40. The Balaban J connectivity index is 2.04. The van der Waals surface area contributed by atoms with E-state index in [9.17, 15) is 9.90 Å². The smallest absolute Gasteiger partial charge is 0.262 e. The number of aliphatic hydroxyl groups excluding tert-OH is 1. The largest absolute Gasteiger partial charge is 0.490 e. The monoisotopic (exact) mass is 379 g/mol. The van der Waals surface area contributed by atoms with E-state index in [-0.39, 0.29) is 19.1 Å². The number of rotatable bonds is 7. The fourth-order valence-corrected chi connectivity index (χ4v) is 2.39. The van der Waals surface area contributed by atoms with Crippen molar-refractivity contribution in [3.63, 3.8) is 0 Å². The summed E-state index contributed by atoms with van der Waals surface area (Å²) in [6, 6.07) is 12.5. The second-order valence-corrected chi connectivity index (χ2v) is 5.54. The van der Waals surface area contributed by atoms with E-state index in [0.29, 0.717) is 33.8 Å². The van der Waals surface area contributed by atoms with E-state index in [4.69, 9.17) is 9.47 Å². The first-order valence-corrected chi connectivity index (χ1v) is 7.97. The molecule has 0 aliphatic carbocycles. The summed E-state index contributed by atoms with van der Waals surface area (Å²) in [5.74, 6) is 0.674. The number of halogens is 1. The Morgan fingerprint density at radius 3 is 2.52 bits per heavy atom. The third kappa shape index (κ3) is 4.97. The molecule has 0 heterocycles. The molecule has 6 heteroatoms. The summed E-state index contributed by atoms with van der Waals surface area (Å²) >= 11 is 3.36. The topological polar surface area (TPSA) is 67.8 Å². The van der Waals surface area contributed by atoms with Crippen LogP contribution in [0.5, 0.6) is 11.5 Å². The minimum absolute atomic E-state index is 0.116. The summed E-state index contributed by atoms with van der Waals surface area (Å²) < 4.78 is 11.7. The number of aliphatic hydroxyl groups is 1. The first kappa shape index (κ1) is 17.3. The number of anilines is 1. The van der Waals surface area contributed by atoms with E-state index in [1.807, 2.05) is 25.1 Å². The highest BCUT2D eigenvalue weighted by Crippen LogP contribution is 2.33. The van der Waals surface area contributed by atoms with Gasteiger partial charge in [-0.2, -0.15) is 0 Å². The molecule has 0 saturated heterocycles. The lowest BCUT2D eigenvalue weighted by Gasteiger charge is -2.14. The van der Waals surface area contributed by atoms with Gasteiger partial charge in [0.15, 0.2) is 18.1 Å². The molecule has 5 nitrogen and oxygen atoms in total. The van der Waals surface area contributed by atoms with Crippen molar-refractivity contribution in [1.29, 1.82) is 0 Å². The van der Waals surface area contributed by atoms with E-state index >= 15 is 0 Å². The summed E-state index contributed by atoms with van der Waals surface area (Å²) in [6.45, 7) is 2.06. The average Bonchev–Trinajstić information content (AvgIpc) is 2.56. The maximum Gasteiger partial charge on any atom is 0.262 e. The Morgan fingerprint density at radius 1 is 1.17 bits per heavy atom. The molecule has 0 aliphatic rings. The molecule has 0 aliphatic heterocycles. The maximum absolute atomic E-state index is 11.9. The Bertz CT molecular complexity index is 661. The average molecular weight is 380 g/mol. The molecule has 2 N–H and O–H groups in total. The van der Waals surface area contributed by atoms with Gasteiger partial charge in [0.05, 0.1) is 13.2 Å². The number of carbonyl (C=O) groups is 1. The van der Waals surface area contributed by atoms with E-state index in [0.717, 1.165) is 0 Å². The normalized spacial score (nSPS) is 10.2. The highest BCUT2D eigenvalue weighted by Gasteiger charge is 2.12. The molecule has 0 bridgehead atoms. The van der Waals surface area contributed by atoms with E-state index in [1.54, 1.807) is 24.3 Å². The molecule has 0 spiro atoms. The third-order valence-electron chi connectivity index (χ3n) is 3.00. The van der Waals surface area contributed by atoms with Gasteiger partial charge < -0.3 is 19.9 Å². The molecule has 122 valence electrons. The zero-order valence-electron chi connectivity index (χ0n) is 12.7. The summed E-state index contributed by atoms with van der Waals surface area (Å²) in [5, 5.41) is 12.0. The van der Waals surface area contributed by atoms with Crippen LogP contribution < -0.4 is 14.8 Å². The van der Waals surface area contributed by atoms with Crippen molar-refractivity contribution in [3.8, 4) is 11.5 Å². The second kappa shape index (κ2) is 8.55. The van der Waals surface area contributed by atoms with Gasteiger partial charge in [-0.25, -0.2) is 0 Å². The van der Waals surface area contributed by atoms with Crippen LogP contribution in [0.4, 0.5) is 5.69 Å². The van der Waals surface area contributed by atoms with Crippen molar-refractivity contribution in [2.24, 2.45) is 0 Å². The zero-order valence-corrected chi connectivity index (χ0v) is 14.3. The van der Waals surface area contributed by atoms with Crippen LogP contribution in [0.3, 0.4) is 0 Å². The number of amides is 1. The van der Waals surface area contributed by atoms with Crippen LogP contribution in [-0.2, 0) is 11.4 Å². The molecule has 2 aromatic carbocycles. The maximum atomic E-state index is 11.9. The van der Waals surface area contributed by atoms with E-state index < -0.39 is 0 Å². The molecule has 0 atom stereocenters. The number of hydrogen-bond acceptors (Lipinski definition) is 4. The highest BCUT2D eigenvalue weighted by atomic mass is 79.9. The first-order chi connectivity index (χ1) is 11.1. The van der Waals surface area contributed by atoms with Crippen LogP contribution in [0.15, 0.2) is 46.9 Å². The molecular formula is C17H18BrNO4. The van der Waals surface area contributed by atoms with Crippen molar-refractivity contribution in [2.45, 2.75) is 13.5 Å². The van der Waals surface area contributed by atoms with Crippen molar-refractivity contribution < 1.29 is 19.4 Å². The molecular weight excluding hydrogens is 362 g/mol. The first-order valence-electron chi connectivity index (χ1n) is 7.17. The lowest BCUT2D eigenvalue weighted by atomic mass is 10.2.